The van der Waals surface area contributed by atoms with E-state index in [-0.39, 0.29) is 0 Å². The summed E-state index contributed by atoms with van der Waals surface area (Å²) in [5.41, 5.74) is 14.3. The van der Waals surface area contributed by atoms with Crippen LogP contribution in [0.5, 0.6) is 0 Å². The minimum absolute atomic E-state index is 0.546. The standard InChI is InChI=1S/C71H43N3O/c1-5-25-53-44(17-1)21-13-33-59(53)65-40-50(41-66(72-65)60-34-14-22-45-18-2-6-26-54(45)60)48-37-49(39-52(38-48)71-74-69-63-31-11-9-29-57(63)58-30-10-12-32-64(58)70(69)75-71)51-42-67(61-35-15-23-46-19-3-7-27-55(46)61)73-68(43-51)62-36-16-24-47-20-4-8-28-56(47)62/h1-43H. The van der Waals surface area contributed by atoms with Crippen LogP contribution in [0.15, 0.2) is 265 Å². The minimum atomic E-state index is 0.546. The van der Waals surface area contributed by atoms with E-state index in [2.05, 4.69) is 261 Å². The van der Waals surface area contributed by atoms with Gasteiger partial charge in [-0.1, -0.05) is 218 Å². The van der Waals surface area contributed by atoms with Crippen molar-refractivity contribution in [2.24, 2.45) is 0 Å². The summed E-state index contributed by atoms with van der Waals surface area (Å²) in [5.74, 6) is 0.546. The molecule has 0 saturated carbocycles. The Bertz CT molecular complexity index is 4290. The van der Waals surface area contributed by atoms with Crippen molar-refractivity contribution >= 4 is 75.7 Å². The van der Waals surface area contributed by atoms with Crippen molar-refractivity contribution in [3.63, 3.8) is 0 Å². The largest absolute Gasteiger partial charge is 0.435 e. The third-order valence-corrected chi connectivity index (χ3v) is 15.0. The van der Waals surface area contributed by atoms with Gasteiger partial charge >= 0.3 is 0 Å². The molecule has 0 unspecified atom stereocenters. The van der Waals surface area contributed by atoms with Gasteiger partial charge in [0, 0.05) is 38.6 Å². The van der Waals surface area contributed by atoms with Crippen molar-refractivity contribution < 1.29 is 4.42 Å². The van der Waals surface area contributed by atoms with Gasteiger partial charge in [-0.25, -0.2) is 15.0 Å². The van der Waals surface area contributed by atoms with Gasteiger partial charge in [0.1, 0.15) is 5.52 Å². The van der Waals surface area contributed by atoms with E-state index in [0.717, 1.165) is 149 Å². The van der Waals surface area contributed by atoms with Crippen molar-refractivity contribution in [1.29, 1.82) is 0 Å². The maximum atomic E-state index is 7.09. The van der Waals surface area contributed by atoms with Crippen LogP contribution < -0.4 is 0 Å². The molecule has 15 rings (SSSR count). The maximum absolute atomic E-state index is 7.09. The average Bonchev–Trinajstić information content (AvgIpc) is 3.96. The molecule has 0 radical (unpaired) electrons. The van der Waals surface area contributed by atoms with Crippen LogP contribution >= 0.6 is 0 Å². The number of benzene rings is 12. The van der Waals surface area contributed by atoms with E-state index in [0.29, 0.717) is 5.89 Å². The molecule has 4 nitrogen and oxygen atoms in total. The van der Waals surface area contributed by atoms with E-state index < -0.39 is 0 Å². The second kappa shape index (κ2) is 17.3. The first kappa shape index (κ1) is 42.6. The van der Waals surface area contributed by atoms with Crippen molar-refractivity contribution in [2.45, 2.75) is 0 Å². The normalized spacial score (nSPS) is 11.7. The van der Waals surface area contributed by atoms with Gasteiger partial charge in [-0.15, -0.1) is 0 Å². The summed E-state index contributed by atoms with van der Waals surface area (Å²) in [7, 11) is 0. The number of hydrogen-bond acceptors (Lipinski definition) is 4. The highest BCUT2D eigenvalue weighted by Crippen LogP contribution is 2.43. The fraction of sp³-hybridized carbons (Fsp3) is 0. The molecular formula is C71H43N3O. The second-order valence-corrected chi connectivity index (χ2v) is 19.4. The fourth-order valence-electron chi connectivity index (χ4n) is 11.5. The van der Waals surface area contributed by atoms with Crippen molar-refractivity contribution in [3.8, 4) is 78.7 Å². The lowest BCUT2D eigenvalue weighted by Crippen LogP contribution is -1.95. The average molecular weight is 954 g/mol. The Hall–Kier alpha value is -10.0. The summed E-state index contributed by atoms with van der Waals surface area (Å²) >= 11 is 0. The van der Waals surface area contributed by atoms with Crippen LogP contribution in [0.4, 0.5) is 0 Å². The lowest BCUT2D eigenvalue weighted by Gasteiger charge is -2.16. The van der Waals surface area contributed by atoms with Gasteiger partial charge in [0.05, 0.1) is 22.8 Å². The highest BCUT2D eigenvalue weighted by atomic mass is 16.3. The molecule has 0 bridgehead atoms. The van der Waals surface area contributed by atoms with E-state index in [4.69, 9.17) is 19.4 Å². The molecule has 3 aromatic heterocycles. The van der Waals surface area contributed by atoms with Gasteiger partial charge in [0.25, 0.3) is 0 Å². The zero-order valence-corrected chi connectivity index (χ0v) is 40.6. The van der Waals surface area contributed by atoms with Crippen LogP contribution in [-0.4, -0.2) is 15.0 Å². The van der Waals surface area contributed by atoms with E-state index in [1.54, 1.807) is 0 Å². The molecule has 0 N–H and O–H groups in total. The van der Waals surface area contributed by atoms with Crippen molar-refractivity contribution in [3.05, 3.63) is 261 Å². The number of rotatable bonds is 7. The topological polar surface area (TPSA) is 51.8 Å². The first-order chi connectivity index (χ1) is 37.1. The zero-order chi connectivity index (χ0) is 49.4. The van der Waals surface area contributed by atoms with E-state index in [1.807, 2.05) is 0 Å². The molecule has 12 aromatic carbocycles. The molecule has 348 valence electrons. The van der Waals surface area contributed by atoms with E-state index in [1.165, 1.54) is 0 Å². The molecule has 4 heteroatoms. The maximum Gasteiger partial charge on any atom is 0.227 e. The van der Waals surface area contributed by atoms with Crippen LogP contribution in [0.3, 0.4) is 0 Å². The number of oxazole rings is 1. The van der Waals surface area contributed by atoms with Crippen LogP contribution in [0.2, 0.25) is 0 Å². The third-order valence-electron chi connectivity index (χ3n) is 15.0. The highest BCUT2D eigenvalue weighted by molar-refractivity contribution is 6.23. The predicted octanol–water partition coefficient (Wildman–Crippen LogP) is 19.2. The second-order valence-electron chi connectivity index (χ2n) is 19.4. The molecule has 75 heavy (non-hydrogen) atoms. The Morgan fingerprint density at radius 3 is 0.920 bits per heavy atom. The summed E-state index contributed by atoms with van der Waals surface area (Å²) in [6, 6.07) is 93.1. The Kier molecular flexibility index (Phi) is 9.85. The molecule has 0 saturated heterocycles. The first-order valence-corrected chi connectivity index (χ1v) is 25.5. The lowest BCUT2D eigenvalue weighted by molar-refractivity contribution is 0.623. The Morgan fingerprint density at radius 2 is 0.520 bits per heavy atom. The van der Waals surface area contributed by atoms with Gasteiger partial charge in [-0.2, -0.15) is 0 Å². The quantitative estimate of drug-likeness (QED) is 0.149. The minimum Gasteiger partial charge on any atom is -0.435 e. The van der Waals surface area contributed by atoms with Crippen LogP contribution in [-0.2, 0) is 0 Å². The van der Waals surface area contributed by atoms with Gasteiger partial charge in [-0.3, -0.25) is 0 Å². The molecular weight excluding hydrogens is 911 g/mol. The molecule has 0 aliphatic carbocycles. The summed E-state index contributed by atoms with van der Waals surface area (Å²) < 4.78 is 7.09. The van der Waals surface area contributed by atoms with Gasteiger partial charge in [-0.05, 0) is 119 Å². The predicted molar refractivity (Wildman–Crippen MR) is 313 cm³/mol. The van der Waals surface area contributed by atoms with Crippen molar-refractivity contribution in [1.82, 2.24) is 15.0 Å². The lowest BCUT2D eigenvalue weighted by atomic mass is 9.91. The van der Waals surface area contributed by atoms with Crippen LogP contribution in [0.1, 0.15) is 0 Å². The summed E-state index contributed by atoms with van der Waals surface area (Å²) in [5, 5.41) is 13.6. The van der Waals surface area contributed by atoms with Gasteiger partial charge in [0.2, 0.25) is 5.89 Å². The van der Waals surface area contributed by atoms with E-state index in [9.17, 15) is 0 Å². The van der Waals surface area contributed by atoms with E-state index >= 15 is 0 Å². The number of fused-ring (bicyclic) bond motifs is 10. The Morgan fingerprint density at radius 1 is 0.227 bits per heavy atom. The molecule has 3 heterocycles. The fourth-order valence-corrected chi connectivity index (χ4v) is 11.5. The SMILES string of the molecule is c1ccc2c(-c3cc(-c4cc(-c5cc(-c6cccc7ccccc67)nc(-c6cccc7ccccc67)c5)cc(-c5nc6c7ccccc7c7ccccc7c6o5)c4)cc(-c4cccc5ccccc45)n3)cccc2c1. The number of hydrogen-bond donors (Lipinski definition) is 0. The molecule has 0 spiro atoms. The van der Waals surface area contributed by atoms with Crippen LogP contribution in [0.25, 0.3) is 154 Å². The Balaban J connectivity index is 1.03. The molecule has 0 atom stereocenters. The monoisotopic (exact) mass is 953 g/mol. The van der Waals surface area contributed by atoms with Gasteiger partial charge in [0.15, 0.2) is 5.58 Å². The first-order valence-electron chi connectivity index (χ1n) is 25.5. The zero-order valence-electron chi connectivity index (χ0n) is 40.6. The summed E-state index contributed by atoms with van der Waals surface area (Å²) in [6.07, 6.45) is 0. The Labute approximate surface area is 432 Å². The van der Waals surface area contributed by atoms with Gasteiger partial charge < -0.3 is 4.42 Å². The van der Waals surface area contributed by atoms with Crippen LogP contribution in [0, 0.1) is 0 Å². The number of nitrogens with zero attached hydrogens (tertiary/aromatic N) is 3. The van der Waals surface area contributed by atoms with Crippen molar-refractivity contribution in [2.75, 3.05) is 0 Å². The molecule has 0 aliphatic rings. The molecule has 0 aliphatic heterocycles. The molecule has 0 fully saturated rings. The summed E-state index contributed by atoms with van der Waals surface area (Å²) in [6.45, 7) is 0. The number of aromatic nitrogens is 3. The number of pyridine rings is 2. The highest BCUT2D eigenvalue weighted by Gasteiger charge is 2.21. The molecule has 15 aromatic rings. The third kappa shape index (κ3) is 7.26. The molecule has 0 amide bonds. The smallest absolute Gasteiger partial charge is 0.227 e. The summed E-state index contributed by atoms with van der Waals surface area (Å²) in [4.78, 5) is 16.5.